The number of carbonyl (C=O) groups is 2. The van der Waals surface area contributed by atoms with E-state index in [1.54, 1.807) is 6.92 Å². The molecule has 212 valence electrons. The van der Waals surface area contributed by atoms with Crippen molar-refractivity contribution in [1.82, 2.24) is 10.2 Å². The summed E-state index contributed by atoms with van der Waals surface area (Å²) in [5.74, 6) is -1.58. The third kappa shape index (κ3) is 6.50. The molecule has 1 aliphatic rings. The van der Waals surface area contributed by atoms with Gasteiger partial charge in [-0.25, -0.2) is 17.2 Å². The number of benzene rings is 3. The number of likely N-dealkylation sites (N-methyl/N-ethyl adjacent to an activating group) is 1. The number of rotatable bonds is 10. The molecule has 1 unspecified atom stereocenters. The Bertz CT molecular complexity index is 1470. The van der Waals surface area contributed by atoms with Gasteiger partial charge in [-0.2, -0.15) is 0 Å². The zero-order valence-corrected chi connectivity index (χ0v) is 22.8. The Balaban J connectivity index is 1.71. The lowest BCUT2D eigenvalue weighted by Gasteiger charge is -2.32. The Labute approximate surface area is 231 Å². The van der Waals surface area contributed by atoms with Crippen molar-refractivity contribution in [3.8, 4) is 11.5 Å². The molecule has 40 heavy (non-hydrogen) atoms. The topological polar surface area (TPSA) is 105 Å². The third-order valence-corrected chi connectivity index (χ3v) is 8.05. The first-order valence-electron chi connectivity index (χ1n) is 12.6. The van der Waals surface area contributed by atoms with Gasteiger partial charge in [0.15, 0.2) is 11.5 Å². The molecule has 0 saturated carbocycles. The zero-order chi connectivity index (χ0) is 28.9. The molecule has 9 nitrogen and oxygen atoms in total. The molecule has 0 radical (unpaired) electrons. The number of nitrogens with zero attached hydrogens (tertiary/aromatic N) is 2. The Morgan fingerprint density at radius 1 is 0.925 bits per heavy atom. The van der Waals surface area contributed by atoms with Gasteiger partial charge in [-0.1, -0.05) is 12.1 Å². The van der Waals surface area contributed by atoms with Gasteiger partial charge in [-0.3, -0.25) is 13.9 Å². The summed E-state index contributed by atoms with van der Waals surface area (Å²) < 4.78 is 66.9. The second kappa shape index (κ2) is 12.3. The smallest absolute Gasteiger partial charge is 0.264 e. The maximum atomic E-state index is 13.9. The number of hydrogen-bond acceptors (Lipinski definition) is 6. The van der Waals surface area contributed by atoms with Crippen LogP contribution in [0.3, 0.4) is 0 Å². The fourth-order valence-electron chi connectivity index (χ4n) is 4.14. The molecular formula is C28H29F2N3O6S. The van der Waals surface area contributed by atoms with Gasteiger partial charge >= 0.3 is 0 Å². The van der Waals surface area contributed by atoms with Crippen LogP contribution in [0.5, 0.6) is 11.5 Å². The summed E-state index contributed by atoms with van der Waals surface area (Å²) in [4.78, 5) is 27.5. The third-order valence-electron chi connectivity index (χ3n) is 6.28. The van der Waals surface area contributed by atoms with Crippen LogP contribution in [0, 0.1) is 11.6 Å². The van der Waals surface area contributed by atoms with Crippen molar-refractivity contribution >= 4 is 27.5 Å². The number of ether oxygens (including phenoxy) is 2. The van der Waals surface area contributed by atoms with Gasteiger partial charge in [0, 0.05) is 19.2 Å². The monoisotopic (exact) mass is 573 g/mol. The molecule has 12 heteroatoms. The summed E-state index contributed by atoms with van der Waals surface area (Å²) in [6.45, 7) is 3.35. The van der Waals surface area contributed by atoms with Crippen LogP contribution in [0.15, 0.2) is 71.6 Å². The lowest BCUT2D eigenvalue weighted by molar-refractivity contribution is -0.139. The fourth-order valence-corrected chi connectivity index (χ4v) is 5.57. The number of carbonyl (C=O) groups excluding carboxylic acids is 2. The average molecular weight is 574 g/mol. The lowest BCUT2D eigenvalue weighted by atomic mass is 10.1. The highest BCUT2D eigenvalue weighted by atomic mass is 32.2. The lowest BCUT2D eigenvalue weighted by Crippen LogP contribution is -2.51. The predicted molar refractivity (Wildman–Crippen MR) is 143 cm³/mol. The number of halogens is 2. The van der Waals surface area contributed by atoms with E-state index >= 15 is 0 Å². The number of fused-ring (bicyclic) bond motifs is 1. The minimum absolute atomic E-state index is 0.0389. The molecule has 1 atom stereocenters. The molecule has 0 aliphatic carbocycles. The molecule has 4 rings (SSSR count). The van der Waals surface area contributed by atoms with Crippen LogP contribution < -0.4 is 19.1 Å². The second-order valence-corrected chi connectivity index (χ2v) is 10.9. The molecule has 3 aromatic rings. The molecule has 3 aromatic carbocycles. The molecule has 0 bridgehead atoms. The van der Waals surface area contributed by atoms with Crippen molar-refractivity contribution in [2.45, 2.75) is 31.3 Å². The van der Waals surface area contributed by atoms with Crippen molar-refractivity contribution in [1.29, 1.82) is 0 Å². The predicted octanol–water partition coefficient (Wildman–Crippen LogP) is 3.48. The molecule has 0 fully saturated rings. The van der Waals surface area contributed by atoms with Crippen molar-refractivity contribution in [3.63, 3.8) is 0 Å². The summed E-state index contributed by atoms with van der Waals surface area (Å²) in [6, 6.07) is 13.2. The van der Waals surface area contributed by atoms with E-state index in [2.05, 4.69) is 5.32 Å². The molecule has 0 spiro atoms. The number of nitrogens with one attached hydrogen (secondary N) is 1. The largest absolute Gasteiger partial charge is 0.486 e. The normalized spacial score (nSPS) is 13.3. The van der Waals surface area contributed by atoms with E-state index in [0.717, 1.165) is 16.4 Å². The fraction of sp³-hybridized carbons (Fsp3) is 0.286. The summed E-state index contributed by atoms with van der Waals surface area (Å²) in [7, 11) is -4.39. The Kier molecular flexibility index (Phi) is 8.88. The van der Waals surface area contributed by atoms with Crippen LogP contribution in [-0.2, 0) is 26.2 Å². The van der Waals surface area contributed by atoms with E-state index < -0.39 is 46.1 Å². The van der Waals surface area contributed by atoms with Gasteiger partial charge in [0.25, 0.3) is 10.0 Å². The van der Waals surface area contributed by atoms with Crippen molar-refractivity contribution in [3.05, 3.63) is 83.9 Å². The van der Waals surface area contributed by atoms with Gasteiger partial charge in [-0.15, -0.1) is 0 Å². The summed E-state index contributed by atoms with van der Waals surface area (Å²) >= 11 is 0. The van der Waals surface area contributed by atoms with Gasteiger partial charge in [0.1, 0.15) is 37.4 Å². The highest BCUT2D eigenvalue weighted by Crippen LogP contribution is 2.34. The zero-order valence-electron chi connectivity index (χ0n) is 22.0. The van der Waals surface area contributed by atoms with E-state index in [4.69, 9.17) is 9.47 Å². The molecular weight excluding hydrogens is 544 g/mol. The number of sulfonamides is 1. The SMILES string of the molecule is CCNC(=O)C(C)N(Cc1ccc(F)cc1)C(=O)CN(c1ccc(F)cc1)S(=O)(=O)c1ccc2c(c1)OCCO2. The highest BCUT2D eigenvalue weighted by Gasteiger charge is 2.33. The molecule has 0 aromatic heterocycles. The first kappa shape index (κ1) is 28.8. The van der Waals surface area contributed by atoms with E-state index in [1.807, 2.05) is 0 Å². The van der Waals surface area contributed by atoms with Crippen LogP contribution in [0.1, 0.15) is 19.4 Å². The Morgan fingerprint density at radius 2 is 1.52 bits per heavy atom. The quantitative estimate of drug-likeness (QED) is 0.398. The number of hydrogen-bond donors (Lipinski definition) is 1. The molecule has 1 aliphatic heterocycles. The Hall–Kier alpha value is -4.19. The molecule has 0 saturated heterocycles. The van der Waals surface area contributed by atoms with E-state index in [0.29, 0.717) is 24.5 Å². The highest BCUT2D eigenvalue weighted by molar-refractivity contribution is 7.92. The van der Waals surface area contributed by atoms with E-state index in [-0.39, 0.29) is 29.5 Å². The van der Waals surface area contributed by atoms with Crippen LogP contribution in [0.25, 0.3) is 0 Å². The Morgan fingerprint density at radius 3 is 2.15 bits per heavy atom. The van der Waals surface area contributed by atoms with Crippen molar-refractivity contribution in [2.75, 3.05) is 30.6 Å². The number of anilines is 1. The first-order valence-corrected chi connectivity index (χ1v) is 14.0. The molecule has 1 N–H and O–H groups in total. The van der Waals surface area contributed by atoms with Crippen LogP contribution in [-0.4, -0.2) is 57.5 Å². The van der Waals surface area contributed by atoms with Crippen molar-refractivity contribution < 1.29 is 36.3 Å². The first-order chi connectivity index (χ1) is 19.1. The van der Waals surface area contributed by atoms with Crippen LogP contribution in [0.4, 0.5) is 14.5 Å². The maximum Gasteiger partial charge on any atom is 0.264 e. The second-order valence-electron chi connectivity index (χ2n) is 9.01. The van der Waals surface area contributed by atoms with Gasteiger partial charge < -0.3 is 19.7 Å². The van der Waals surface area contributed by atoms with Gasteiger partial charge in [-0.05, 0) is 67.9 Å². The van der Waals surface area contributed by atoms with E-state index in [9.17, 15) is 26.8 Å². The van der Waals surface area contributed by atoms with Gasteiger partial charge in [0.2, 0.25) is 11.8 Å². The number of amides is 2. The van der Waals surface area contributed by atoms with Gasteiger partial charge in [0.05, 0.1) is 10.6 Å². The maximum absolute atomic E-state index is 13.9. The summed E-state index contributed by atoms with van der Waals surface area (Å²) in [6.07, 6.45) is 0. The summed E-state index contributed by atoms with van der Waals surface area (Å²) in [5, 5.41) is 2.66. The van der Waals surface area contributed by atoms with Crippen molar-refractivity contribution in [2.24, 2.45) is 0 Å². The molecule has 1 heterocycles. The van der Waals surface area contributed by atoms with E-state index in [1.165, 1.54) is 66.4 Å². The minimum Gasteiger partial charge on any atom is -0.486 e. The summed E-state index contributed by atoms with van der Waals surface area (Å²) in [5.41, 5.74) is 0.575. The van der Waals surface area contributed by atoms with Crippen LogP contribution in [0.2, 0.25) is 0 Å². The minimum atomic E-state index is -4.39. The molecule has 2 amide bonds. The average Bonchev–Trinajstić information content (AvgIpc) is 2.95. The standard InChI is InChI=1S/C28H29F2N3O6S/c1-3-31-28(35)19(2)32(17-20-4-6-21(29)7-5-20)27(34)18-33(23-10-8-22(30)9-11-23)40(36,37)24-12-13-25-26(16-24)39-15-14-38-25/h4-13,16,19H,3,14-15,17-18H2,1-2H3,(H,31,35). The van der Waals surface area contributed by atoms with Crippen LogP contribution >= 0.6 is 0 Å².